The Morgan fingerprint density at radius 1 is 0.842 bits per heavy atom. The van der Waals surface area contributed by atoms with Gasteiger partial charge in [0.05, 0.1) is 13.2 Å². The van der Waals surface area contributed by atoms with Gasteiger partial charge in [-0.15, -0.1) is 0 Å². The third kappa shape index (κ3) is 5.80. The molecule has 19 heavy (non-hydrogen) atoms. The molecule has 2 unspecified atom stereocenters. The molecule has 112 valence electrons. The molecule has 3 heteroatoms. The second kappa shape index (κ2) is 8.23. The zero-order valence-corrected chi connectivity index (χ0v) is 12.9. The monoisotopic (exact) mass is 268 g/mol. The van der Waals surface area contributed by atoms with Crippen LogP contribution in [0.2, 0.25) is 0 Å². The fraction of sp³-hybridized carbons (Fsp3) is 1.00. The van der Waals surface area contributed by atoms with Crippen LogP contribution in [0.4, 0.5) is 0 Å². The number of likely N-dealkylation sites (tertiary alicyclic amines) is 2. The van der Waals surface area contributed by atoms with E-state index >= 15 is 0 Å². The lowest BCUT2D eigenvalue weighted by molar-refractivity contribution is 0.0632. The van der Waals surface area contributed by atoms with Crippen LogP contribution in [0.5, 0.6) is 0 Å². The van der Waals surface area contributed by atoms with Crippen LogP contribution in [0.15, 0.2) is 0 Å². The minimum atomic E-state index is 0.878. The molecule has 0 aliphatic carbocycles. The highest BCUT2D eigenvalue weighted by Gasteiger charge is 2.17. The number of nitrogens with zero attached hydrogens (tertiary/aromatic N) is 2. The average Bonchev–Trinajstić information content (AvgIpc) is 2.38. The highest BCUT2D eigenvalue weighted by atomic mass is 16.5. The molecule has 2 heterocycles. The van der Waals surface area contributed by atoms with Gasteiger partial charge in [-0.1, -0.05) is 13.8 Å². The van der Waals surface area contributed by atoms with Crippen LogP contribution in [-0.4, -0.2) is 62.3 Å². The number of piperidine rings is 2. The minimum absolute atomic E-state index is 0.878. The molecule has 2 fully saturated rings. The van der Waals surface area contributed by atoms with Crippen molar-refractivity contribution in [3.8, 4) is 0 Å². The summed E-state index contributed by atoms with van der Waals surface area (Å²) < 4.78 is 5.83. The van der Waals surface area contributed by atoms with Crippen molar-refractivity contribution >= 4 is 0 Å². The van der Waals surface area contributed by atoms with E-state index in [1.807, 2.05) is 0 Å². The van der Waals surface area contributed by atoms with Crippen molar-refractivity contribution in [2.24, 2.45) is 11.8 Å². The number of rotatable bonds is 6. The van der Waals surface area contributed by atoms with E-state index in [4.69, 9.17) is 4.74 Å². The first-order valence-electron chi connectivity index (χ1n) is 8.26. The van der Waals surface area contributed by atoms with Gasteiger partial charge in [0, 0.05) is 26.2 Å². The molecular formula is C16H32N2O. The second-order valence-corrected chi connectivity index (χ2v) is 6.71. The predicted octanol–water partition coefficient (Wildman–Crippen LogP) is 2.47. The van der Waals surface area contributed by atoms with Crippen LogP contribution in [0.3, 0.4) is 0 Å². The third-order valence-electron chi connectivity index (χ3n) is 4.59. The fourth-order valence-electron chi connectivity index (χ4n) is 3.47. The summed E-state index contributed by atoms with van der Waals surface area (Å²) in [6.07, 6.45) is 5.55. The molecule has 2 aliphatic heterocycles. The molecule has 0 saturated carbocycles. The Labute approximate surface area is 119 Å². The van der Waals surface area contributed by atoms with Crippen LogP contribution in [0.25, 0.3) is 0 Å². The first-order chi connectivity index (χ1) is 9.24. The van der Waals surface area contributed by atoms with Crippen molar-refractivity contribution < 1.29 is 4.74 Å². The van der Waals surface area contributed by atoms with E-state index in [0.717, 1.165) is 38.1 Å². The van der Waals surface area contributed by atoms with Crippen molar-refractivity contribution in [3.63, 3.8) is 0 Å². The maximum Gasteiger partial charge on any atom is 0.0594 e. The molecule has 0 radical (unpaired) electrons. The summed E-state index contributed by atoms with van der Waals surface area (Å²) in [7, 11) is 0. The summed E-state index contributed by atoms with van der Waals surface area (Å²) in [5.41, 5.74) is 0. The Kier molecular flexibility index (Phi) is 6.62. The number of hydrogen-bond donors (Lipinski definition) is 0. The molecule has 3 nitrogen and oxygen atoms in total. The molecule has 2 atom stereocenters. The number of ether oxygens (including phenoxy) is 1. The van der Waals surface area contributed by atoms with E-state index in [-0.39, 0.29) is 0 Å². The SMILES string of the molecule is CC1CCCN(CCOCCN2CCCC(C)C2)C1. The lowest BCUT2D eigenvalue weighted by atomic mass is 10.0. The van der Waals surface area contributed by atoms with Gasteiger partial charge in [-0.05, 0) is 50.6 Å². The van der Waals surface area contributed by atoms with Gasteiger partial charge < -0.3 is 14.5 Å². The van der Waals surface area contributed by atoms with Gasteiger partial charge >= 0.3 is 0 Å². The molecule has 2 rings (SSSR count). The van der Waals surface area contributed by atoms with E-state index in [1.54, 1.807) is 0 Å². The summed E-state index contributed by atoms with van der Waals surface area (Å²) in [6, 6.07) is 0. The lowest BCUT2D eigenvalue weighted by Gasteiger charge is -2.31. The zero-order valence-electron chi connectivity index (χ0n) is 12.9. The maximum atomic E-state index is 5.83. The van der Waals surface area contributed by atoms with Gasteiger partial charge in [0.1, 0.15) is 0 Å². The molecule has 0 bridgehead atoms. The Morgan fingerprint density at radius 2 is 1.32 bits per heavy atom. The summed E-state index contributed by atoms with van der Waals surface area (Å²) >= 11 is 0. The molecule has 0 amide bonds. The van der Waals surface area contributed by atoms with Crippen molar-refractivity contribution in [2.75, 3.05) is 52.5 Å². The van der Waals surface area contributed by atoms with Crippen LogP contribution in [0, 0.1) is 11.8 Å². The fourth-order valence-corrected chi connectivity index (χ4v) is 3.47. The highest BCUT2D eigenvalue weighted by Crippen LogP contribution is 2.15. The lowest BCUT2D eigenvalue weighted by Crippen LogP contribution is -2.38. The highest BCUT2D eigenvalue weighted by molar-refractivity contribution is 4.70. The molecule has 0 spiro atoms. The van der Waals surface area contributed by atoms with Crippen LogP contribution in [-0.2, 0) is 4.74 Å². The minimum Gasteiger partial charge on any atom is -0.379 e. The van der Waals surface area contributed by atoms with Crippen LogP contribution in [0.1, 0.15) is 39.5 Å². The van der Waals surface area contributed by atoms with E-state index in [2.05, 4.69) is 23.6 Å². The largest absolute Gasteiger partial charge is 0.379 e. The average molecular weight is 268 g/mol. The van der Waals surface area contributed by atoms with Crippen LogP contribution < -0.4 is 0 Å². The Morgan fingerprint density at radius 3 is 1.74 bits per heavy atom. The van der Waals surface area contributed by atoms with E-state index < -0.39 is 0 Å². The molecular weight excluding hydrogens is 236 g/mol. The molecule has 0 aromatic carbocycles. The predicted molar refractivity (Wildman–Crippen MR) is 80.5 cm³/mol. The van der Waals surface area contributed by atoms with E-state index in [1.165, 1.54) is 51.9 Å². The Balaban J connectivity index is 1.47. The van der Waals surface area contributed by atoms with Crippen LogP contribution >= 0.6 is 0 Å². The van der Waals surface area contributed by atoms with Gasteiger partial charge in [-0.25, -0.2) is 0 Å². The van der Waals surface area contributed by atoms with Gasteiger partial charge in [0.2, 0.25) is 0 Å². The molecule has 0 aromatic heterocycles. The summed E-state index contributed by atoms with van der Waals surface area (Å²) in [4.78, 5) is 5.13. The van der Waals surface area contributed by atoms with Crippen molar-refractivity contribution in [3.05, 3.63) is 0 Å². The van der Waals surface area contributed by atoms with Crippen molar-refractivity contribution in [2.45, 2.75) is 39.5 Å². The first-order valence-corrected chi connectivity index (χ1v) is 8.26. The molecule has 0 N–H and O–H groups in total. The van der Waals surface area contributed by atoms with Crippen molar-refractivity contribution in [1.29, 1.82) is 0 Å². The van der Waals surface area contributed by atoms with Gasteiger partial charge in [0.25, 0.3) is 0 Å². The number of hydrogen-bond acceptors (Lipinski definition) is 3. The zero-order chi connectivity index (χ0) is 13.5. The van der Waals surface area contributed by atoms with Crippen molar-refractivity contribution in [1.82, 2.24) is 9.80 Å². The molecule has 2 aliphatic rings. The summed E-state index contributed by atoms with van der Waals surface area (Å²) in [6.45, 7) is 13.9. The second-order valence-electron chi connectivity index (χ2n) is 6.71. The standard InChI is InChI=1S/C16H32N2O/c1-15-5-3-7-17(13-15)9-11-19-12-10-18-8-4-6-16(2)14-18/h15-16H,3-14H2,1-2H3. The quantitative estimate of drug-likeness (QED) is 0.688. The molecule has 0 aromatic rings. The Bertz CT molecular complexity index is 223. The molecule has 2 saturated heterocycles. The van der Waals surface area contributed by atoms with Gasteiger partial charge in [-0.3, -0.25) is 0 Å². The van der Waals surface area contributed by atoms with E-state index in [9.17, 15) is 0 Å². The third-order valence-corrected chi connectivity index (χ3v) is 4.59. The normalized spacial score (nSPS) is 30.6. The summed E-state index contributed by atoms with van der Waals surface area (Å²) in [5.74, 6) is 1.76. The van der Waals surface area contributed by atoms with E-state index in [0.29, 0.717) is 0 Å². The smallest absolute Gasteiger partial charge is 0.0594 e. The van der Waals surface area contributed by atoms with Gasteiger partial charge in [-0.2, -0.15) is 0 Å². The first kappa shape index (κ1) is 15.3. The summed E-state index contributed by atoms with van der Waals surface area (Å²) in [5, 5.41) is 0. The topological polar surface area (TPSA) is 15.7 Å². The maximum absolute atomic E-state index is 5.83. The van der Waals surface area contributed by atoms with Gasteiger partial charge in [0.15, 0.2) is 0 Å². The Hall–Kier alpha value is -0.120.